The topological polar surface area (TPSA) is 130 Å². The quantitative estimate of drug-likeness (QED) is 0.620. The van der Waals surface area contributed by atoms with Crippen molar-refractivity contribution in [2.45, 2.75) is 20.0 Å². The molecule has 2 unspecified atom stereocenters. The summed E-state index contributed by atoms with van der Waals surface area (Å²) in [5.74, 6) is -1.73. The van der Waals surface area contributed by atoms with Gasteiger partial charge in [-0.1, -0.05) is 19.9 Å². The smallest absolute Gasteiger partial charge is 0.227 e. The van der Waals surface area contributed by atoms with E-state index in [2.05, 4.69) is 15.3 Å². The molecule has 1 aromatic rings. The third-order valence-electron chi connectivity index (χ3n) is 3.48. The van der Waals surface area contributed by atoms with Gasteiger partial charge in [-0.25, -0.2) is 9.38 Å². The second-order valence-corrected chi connectivity index (χ2v) is 5.54. The van der Waals surface area contributed by atoms with E-state index in [4.69, 9.17) is 16.9 Å². The number of amides is 1. The van der Waals surface area contributed by atoms with Gasteiger partial charge in [0.1, 0.15) is 24.2 Å². The zero-order chi connectivity index (χ0) is 17.1. The first kappa shape index (κ1) is 16.8. The van der Waals surface area contributed by atoms with E-state index in [-0.39, 0.29) is 29.1 Å². The number of carbonyl (C=O) groups is 1. The van der Waals surface area contributed by atoms with Crippen molar-refractivity contribution in [3.8, 4) is 0 Å². The highest BCUT2D eigenvalue weighted by molar-refractivity contribution is 6.15. The number of nitrogens with one attached hydrogen (secondary N) is 2. The lowest BCUT2D eigenvalue weighted by Gasteiger charge is -2.23. The monoisotopic (exact) mass is 318 g/mol. The highest BCUT2D eigenvalue weighted by atomic mass is 19.1. The van der Waals surface area contributed by atoms with Crippen LogP contribution < -0.4 is 16.8 Å². The van der Waals surface area contributed by atoms with Gasteiger partial charge in [-0.3, -0.25) is 9.79 Å². The fraction of sp³-hybridized carbons (Fsp3) is 0.333. The van der Waals surface area contributed by atoms with Crippen LogP contribution in [0.4, 0.5) is 10.1 Å². The Morgan fingerprint density at radius 2 is 2.13 bits per heavy atom. The largest absolute Gasteiger partial charge is 0.386 e. The van der Waals surface area contributed by atoms with E-state index < -0.39 is 17.9 Å². The maximum Gasteiger partial charge on any atom is 0.227 e. The molecule has 0 aromatic heterocycles. The first-order valence-electron chi connectivity index (χ1n) is 7.11. The first-order valence-corrected chi connectivity index (χ1v) is 7.11. The first-order chi connectivity index (χ1) is 10.8. The van der Waals surface area contributed by atoms with Crippen LogP contribution in [0.5, 0.6) is 0 Å². The van der Waals surface area contributed by atoms with Crippen LogP contribution in [0.2, 0.25) is 0 Å². The minimum atomic E-state index is -0.733. The van der Waals surface area contributed by atoms with E-state index in [1.165, 1.54) is 18.5 Å². The Labute approximate surface area is 133 Å². The molecule has 8 heteroatoms. The zero-order valence-corrected chi connectivity index (χ0v) is 12.9. The highest BCUT2D eigenvalue weighted by Crippen LogP contribution is 2.21. The molecule has 1 amide bonds. The molecule has 0 radical (unpaired) electrons. The summed E-state index contributed by atoms with van der Waals surface area (Å²) in [4.78, 5) is 19.4. The Balaban J connectivity index is 2.23. The fourth-order valence-electron chi connectivity index (χ4n) is 2.08. The molecule has 6 N–H and O–H groups in total. The third kappa shape index (κ3) is 3.59. The number of benzene rings is 1. The van der Waals surface area contributed by atoms with E-state index in [9.17, 15) is 9.18 Å². The summed E-state index contributed by atoms with van der Waals surface area (Å²) in [5, 5.41) is 10.7. The summed E-state index contributed by atoms with van der Waals surface area (Å²) >= 11 is 0. The number of amidine groups is 1. The number of hydrogen-bond donors (Lipinski definition) is 4. The Bertz CT molecular complexity index is 697. The standard InChI is InChI=1S/C15H19FN6O/c1-7(2)15(23)22-10-4-3-8(5-9(10)16)12(17)11-13(18)20-6-21-14(11)19/h3-7,11,13,17H,18H2,1-2H3,(H,22,23)(H2,19,20,21). The molecule has 0 bridgehead atoms. The minimum Gasteiger partial charge on any atom is -0.386 e. The fourth-order valence-corrected chi connectivity index (χ4v) is 2.08. The van der Waals surface area contributed by atoms with Gasteiger partial charge in [-0.2, -0.15) is 0 Å². The molecule has 0 saturated heterocycles. The van der Waals surface area contributed by atoms with Crippen LogP contribution in [0.15, 0.2) is 28.2 Å². The van der Waals surface area contributed by atoms with Crippen LogP contribution >= 0.6 is 0 Å². The number of hydrogen-bond acceptors (Lipinski definition) is 6. The highest BCUT2D eigenvalue weighted by Gasteiger charge is 2.29. The molecule has 2 atom stereocenters. The molecule has 1 aliphatic rings. The van der Waals surface area contributed by atoms with Gasteiger partial charge in [0.15, 0.2) is 0 Å². The number of halogens is 1. The predicted molar refractivity (Wildman–Crippen MR) is 88.3 cm³/mol. The Hall–Kier alpha value is -2.61. The average Bonchev–Trinajstić information content (AvgIpc) is 2.48. The number of aliphatic imine (C=N–C) groups is 2. The van der Waals surface area contributed by atoms with Crippen LogP contribution in [0.3, 0.4) is 0 Å². The number of carbonyl (C=O) groups excluding carboxylic acids is 1. The number of anilines is 1. The van der Waals surface area contributed by atoms with Gasteiger partial charge in [0, 0.05) is 5.92 Å². The van der Waals surface area contributed by atoms with Gasteiger partial charge >= 0.3 is 0 Å². The third-order valence-corrected chi connectivity index (χ3v) is 3.48. The molecule has 1 aromatic carbocycles. The van der Waals surface area contributed by atoms with Gasteiger partial charge in [0.25, 0.3) is 0 Å². The predicted octanol–water partition coefficient (Wildman–Crippen LogP) is 1.09. The SMILES string of the molecule is CC(C)C(=O)Nc1ccc(C(=N)C2C(N)=NC=NC2N)cc1F. The van der Waals surface area contributed by atoms with Crippen molar-refractivity contribution in [3.05, 3.63) is 29.6 Å². The summed E-state index contributed by atoms with van der Waals surface area (Å²) in [6, 6.07) is 4.10. The van der Waals surface area contributed by atoms with Crippen LogP contribution in [0, 0.1) is 23.1 Å². The number of nitrogens with zero attached hydrogens (tertiary/aromatic N) is 2. The second kappa shape index (κ2) is 6.66. The average molecular weight is 318 g/mol. The van der Waals surface area contributed by atoms with Crippen molar-refractivity contribution in [1.29, 1.82) is 5.41 Å². The molecule has 7 nitrogen and oxygen atoms in total. The van der Waals surface area contributed by atoms with Crippen molar-refractivity contribution >= 4 is 29.5 Å². The van der Waals surface area contributed by atoms with E-state index in [0.29, 0.717) is 5.56 Å². The zero-order valence-electron chi connectivity index (χ0n) is 12.9. The van der Waals surface area contributed by atoms with Gasteiger partial charge in [-0.05, 0) is 17.7 Å². The van der Waals surface area contributed by atoms with Gasteiger partial charge in [0.2, 0.25) is 5.91 Å². The maximum absolute atomic E-state index is 14.2. The van der Waals surface area contributed by atoms with Gasteiger partial charge < -0.3 is 22.2 Å². The van der Waals surface area contributed by atoms with E-state index >= 15 is 0 Å². The molecule has 1 heterocycles. The molecular weight excluding hydrogens is 299 g/mol. The summed E-state index contributed by atoms with van der Waals surface area (Å²) < 4.78 is 14.2. The Kier molecular flexibility index (Phi) is 4.85. The molecule has 1 aliphatic heterocycles. The lowest BCUT2D eigenvalue weighted by atomic mass is 9.92. The van der Waals surface area contributed by atoms with E-state index in [0.717, 1.165) is 6.07 Å². The van der Waals surface area contributed by atoms with Crippen molar-refractivity contribution in [3.63, 3.8) is 0 Å². The normalized spacial score (nSPS) is 20.3. The lowest BCUT2D eigenvalue weighted by molar-refractivity contribution is -0.118. The molecule has 122 valence electrons. The maximum atomic E-state index is 14.2. The van der Waals surface area contributed by atoms with Crippen molar-refractivity contribution in [1.82, 2.24) is 0 Å². The Morgan fingerprint density at radius 3 is 2.70 bits per heavy atom. The molecule has 0 aliphatic carbocycles. The molecular formula is C15H19FN6O. The lowest BCUT2D eigenvalue weighted by Crippen LogP contribution is -2.45. The van der Waals surface area contributed by atoms with E-state index in [1.807, 2.05) is 0 Å². The summed E-state index contributed by atoms with van der Waals surface area (Å²) in [6.45, 7) is 3.43. The molecule has 0 spiro atoms. The van der Waals surface area contributed by atoms with Crippen LogP contribution in [0.25, 0.3) is 0 Å². The Morgan fingerprint density at radius 1 is 1.43 bits per heavy atom. The summed E-state index contributed by atoms with van der Waals surface area (Å²) in [5.41, 5.74) is 12.0. The van der Waals surface area contributed by atoms with Crippen molar-refractivity contribution < 1.29 is 9.18 Å². The second-order valence-electron chi connectivity index (χ2n) is 5.54. The summed E-state index contributed by atoms with van der Waals surface area (Å²) in [7, 11) is 0. The minimum absolute atomic E-state index is 0.0243. The molecule has 0 saturated carbocycles. The van der Waals surface area contributed by atoms with Crippen LogP contribution in [-0.4, -0.2) is 30.0 Å². The van der Waals surface area contributed by atoms with E-state index in [1.54, 1.807) is 13.8 Å². The summed E-state index contributed by atoms with van der Waals surface area (Å²) in [6.07, 6.45) is 0.512. The van der Waals surface area contributed by atoms with Crippen LogP contribution in [0.1, 0.15) is 19.4 Å². The van der Waals surface area contributed by atoms with Crippen molar-refractivity contribution in [2.75, 3.05) is 5.32 Å². The van der Waals surface area contributed by atoms with Gasteiger partial charge in [0.05, 0.1) is 17.3 Å². The van der Waals surface area contributed by atoms with Crippen LogP contribution in [-0.2, 0) is 4.79 Å². The molecule has 0 fully saturated rings. The molecule has 2 rings (SSSR count). The van der Waals surface area contributed by atoms with Gasteiger partial charge in [-0.15, -0.1) is 0 Å². The number of rotatable bonds is 4. The molecule has 23 heavy (non-hydrogen) atoms. The number of nitrogens with two attached hydrogens (primary N) is 2. The van der Waals surface area contributed by atoms with Crippen molar-refractivity contribution in [2.24, 2.45) is 33.3 Å².